The van der Waals surface area contributed by atoms with Crippen molar-refractivity contribution in [3.05, 3.63) is 12.2 Å². The quantitative estimate of drug-likeness (QED) is 0.704. The molecular formula is C17H28O2S2. The first-order valence-corrected chi connectivity index (χ1v) is 10.00. The van der Waals surface area contributed by atoms with Crippen LogP contribution in [0.25, 0.3) is 0 Å². The molecule has 0 aliphatic carbocycles. The standard InChI is InChI=1S/C17H28O2S2/c1-5-16(3)12-20-10-6-7-11-21-13-17(4,14(2)18)9-8-15(16)19/h6-7H,5,8-13H2,1-4H3/b7-6+/t16-,17-/m0/s1. The minimum atomic E-state index is -0.371. The molecule has 0 aromatic carbocycles. The molecule has 0 spiro atoms. The third-order valence-electron chi connectivity index (χ3n) is 4.64. The summed E-state index contributed by atoms with van der Waals surface area (Å²) in [6.45, 7) is 7.84. The Kier molecular flexibility index (Phi) is 7.55. The van der Waals surface area contributed by atoms with Gasteiger partial charge < -0.3 is 0 Å². The Labute approximate surface area is 137 Å². The average Bonchev–Trinajstić information content (AvgIpc) is 2.47. The Balaban J connectivity index is 2.88. The smallest absolute Gasteiger partial charge is 0.139 e. The maximum Gasteiger partial charge on any atom is 0.139 e. The molecule has 0 aromatic heterocycles. The number of rotatable bonds is 2. The first-order chi connectivity index (χ1) is 9.84. The maximum absolute atomic E-state index is 12.6. The lowest BCUT2D eigenvalue weighted by atomic mass is 9.77. The van der Waals surface area contributed by atoms with Crippen molar-refractivity contribution in [2.75, 3.05) is 23.0 Å². The Morgan fingerprint density at radius 1 is 1.19 bits per heavy atom. The summed E-state index contributed by atoms with van der Waals surface area (Å²) >= 11 is 3.62. The summed E-state index contributed by atoms with van der Waals surface area (Å²) in [6, 6.07) is 0. The molecule has 2 nitrogen and oxygen atoms in total. The summed E-state index contributed by atoms with van der Waals surface area (Å²) in [6.07, 6.45) is 6.43. The summed E-state index contributed by atoms with van der Waals surface area (Å²) in [7, 11) is 0. The van der Waals surface area contributed by atoms with Crippen LogP contribution in [0.5, 0.6) is 0 Å². The first-order valence-electron chi connectivity index (χ1n) is 7.69. The van der Waals surface area contributed by atoms with Crippen molar-refractivity contribution in [2.24, 2.45) is 10.8 Å². The molecule has 0 radical (unpaired) electrons. The van der Waals surface area contributed by atoms with E-state index < -0.39 is 0 Å². The van der Waals surface area contributed by atoms with Crippen molar-refractivity contribution in [1.29, 1.82) is 0 Å². The van der Waals surface area contributed by atoms with E-state index in [0.29, 0.717) is 18.6 Å². The predicted octanol–water partition coefficient (Wildman–Crippen LogP) is 4.38. The van der Waals surface area contributed by atoms with Gasteiger partial charge in [-0.2, -0.15) is 23.5 Å². The van der Waals surface area contributed by atoms with Crippen molar-refractivity contribution in [2.45, 2.75) is 47.0 Å². The van der Waals surface area contributed by atoms with E-state index in [9.17, 15) is 9.59 Å². The minimum Gasteiger partial charge on any atom is -0.299 e. The van der Waals surface area contributed by atoms with Crippen LogP contribution >= 0.6 is 23.5 Å². The van der Waals surface area contributed by atoms with Crippen molar-refractivity contribution < 1.29 is 9.59 Å². The lowest BCUT2D eigenvalue weighted by Gasteiger charge is -2.30. The molecule has 0 amide bonds. The highest BCUT2D eigenvalue weighted by molar-refractivity contribution is 7.99. The molecule has 0 bridgehead atoms. The molecule has 0 fully saturated rings. The summed E-state index contributed by atoms with van der Waals surface area (Å²) < 4.78 is 0. The van der Waals surface area contributed by atoms with Crippen LogP contribution in [-0.4, -0.2) is 34.6 Å². The van der Waals surface area contributed by atoms with Crippen LogP contribution in [0.1, 0.15) is 47.0 Å². The molecule has 0 saturated carbocycles. The predicted molar refractivity (Wildman–Crippen MR) is 95.2 cm³/mol. The number of hydrogen-bond donors (Lipinski definition) is 0. The van der Waals surface area contributed by atoms with Gasteiger partial charge in [0.1, 0.15) is 11.6 Å². The summed E-state index contributed by atoms with van der Waals surface area (Å²) in [5.74, 6) is 4.11. The molecule has 1 rings (SSSR count). The number of hydrogen-bond acceptors (Lipinski definition) is 4. The van der Waals surface area contributed by atoms with Gasteiger partial charge in [0, 0.05) is 40.3 Å². The van der Waals surface area contributed by atoms with Crippen LogP contribution < -0.4 is 0 Å². The molecule has 120 valence electrons. The minimum absolute atomic E-state index is 0.203. The van der Waals surface area contributed by atoms with E-state index in [1.165, 1.54) is 0 Å². The molecular weight excluding hydrogens is 300 g/mol. The number of Topliss-reactive ketones (excluding diaryl/α,β-unsaturated/α-hetero) is 2. The fraction of sp³-hybridized carbons (Fsp3) is 0.765. The SMILES string of the molecule is CC[C@@]1(C)CSC/C=C/CSC[C@@](C)(C(C)=O)CCC1=O. The zero-order valence-corrected chi connectivity index (χ0v) is 15.4. The van der Waals surface area contributed by atoms with E-state index >= 15 is 0 Å². The van der Waals surface area contributed by atoms with Crippen LogP contribution in [0, 0.1) is 10.8 Å². The molecule has 0 N–H and O–H groups in total. The van der Waals surface area contributed by atoms with Crippen molar-refractivity contribution in [3.8, 4) is 0 Å². The van der Waals surface area contributed by atoms with Crippen LogP contribution in [0.15, 0.2) is 12.2 Å². The maximum atomic E-state index is 12.6. The number of thioether (sulfide) groups is 2. The van der Waals surface area contributed by atoms with E-state index in [1.807, 2.05) is 18.7 Å². The van der Waals surface area contributed by atoms with Crippen LogP contribution in [-0.2, 0) is 9.59 Å². The fourth-order valence-corrected chi connectivity index (χ4v) is 4.66. The van der Waals surface area contributed by atoms with Crippen molar-refractivity contribution >= 4 is 35.1 Å². The third kappa shape index (κ3) is 5.48. The molecule has 2 atom stereocenters. The second-order valence-corrected chi connectivity index (χ2v) is 8.52. The molecule has 0 aromatic rings. The Morgan fingerprint density at radius 2 is 1.76 bits per heavy atom. The molecule has 21 heavy (non-hydrogen) atoms. The highest BCUT2D eigenvalue weighted by atomic mass is 32.2. The monoisotopic (exact) mass is 328 g/mol. The zero-order chi connectivity index (χ0) is 15.9. The molecule has 4 heteroatoms. The summed E-state index contributed by atoms with van der Waals surface area (Å²) in [5.41, 5.74) is -0.624. The largest absolute Gasteiger partial charge is 0.299 e. The van der Waals surface area contributed by atoms with Gasteiger partial charge in [0.15, 0.2) is 0 Å². The first kappa shape index (κ1) is 18.8. The van der Waals surface area contributed by atoms with Gasteiger partial charge in [0.2, 0.25) is 0 Å². The van der Waals surface area contributed by atoms with E-state index in [1.54, 1.807) is 18.7 Å². The Morgan fingerprint density at radius 3 is 2.29 bits per heavy atom. The lowest BCUT2D eigenvalue weighted by Crippen LogP contribution is -2.34. The zero-order valence-electron chi connectivity index (χ0n) is 13.7. The van der Waals surface area contributed by atoms with Gasteiger partial charge >= 0.3 is 0 Å². The Bertz CT molecular complexity index is 406. The van der Waals surface area contributed by atoms with Crippen LogP contribution in [0.2, 0.25) is 0 Å². The van der Waals surface area contributed by atoms with Crippen LogP contribution in [0.3, 0.4) is 0 Å². The Hall–Kier alpha value is -0.220. The highest BCUT2D eigenvalue weighted by Crippen LogP contribution is 2.34. The number of carbonyl (C=O) groups is 2. The van der Waals surface area contributed by atoms with Gasteiger partial charge in [-0.3, -0.25) is 9.59 Å². The molecule has 0 saturated heterocycles. The van der Waals surface area contributed by atoms with Crippen molar-refractivity contribution in [3.63, 3.8) is 0 Å². The third-order valence-corrected chi connectivity index (χ3v) is 7.18. The normalized spacial score (nSPS) is 34.4. The van der Waals surface area contributed by atoms with Gasteiger partial charge in [-0.15, -0.1) is 0 Å². The lowest BCUT2D eigenvalue weighted by molar-refractivity contribution is -0.129. The highest BCUT2D eigenvalue weighted by Gasteiger charge is 2.35. The molecule has 0 unspecified atom stereocenters. The van der Waals surface area contributed by atoms with Crippen LogP contribution in [0.4, 0.5) is 0 Å². The number of ketones is 2. The van der Waals surface area contributed by atoms with E-state index in [4.69, 9.17) is 0 Å². The summed E-state index contributed by atoms with van der Waals surface area (Å²) in [4.78, 5) is 24.6. The average molecular weight is 329 g/mol. The van der Waals surface area contributed by atoms with E-state index in [0.717, 1.165) is 29.4 Å². The van der Waals surface area contributed by atoms with Gasteiger partial charge in [-0.05, 0) is 19.8 Å². The molecule has 1 heterocycles. The van der Waals surface area contributed by atoms with E-state index in [-0.39, 0.29) is 16.6 Å². The number of carbonyl (C=O) groups excluding carboxylic acids is 2. The van der Waals surface area contributed by atoms with Crippen molar-refractivity contribution in [1.82, 2.24) is 0 Å². The topological polar surface area (TPSA) is 34.1 Å². The van der Waals surface area contributed by atoms with Gasteiger partial charge in [-0.25, -0.2) is 0 Å². The van der Waals surface area contributed by atoms with E-state index in [2.05, 4.69) is 26.0 Å². The molecule has 1 aliphatic rings. The van der Waals surface area contributed by atoms with Gasteiger partial charge in [-0.1, -0.05) is 32.9 Å². The molecule has 1 aliphatic heterocycles. The second-order valence-electron chi connectivity index (χ2n) is 6.46. The summed E-state index contributed by atoms with van der Waals surface area (Å²) in [5, 5.41) is 0. The second kappa shape index (κ2) is 8.42. The van der Waals surface area contributed by atoms with Gasteiger partial charge in [0.25, 0.3) is 0 Å². The fourth-order valence-electron chi connectivity index (χ4n) is 2.26. The van der Waals surface area contributed by atoms with Gasteiger partial charge in [0.05, 0.1) is 0 Å².